The maximum atomic E-state index is 12.2. The van der Waals surface area contributed by atoms with Crippen molar-refractivity contribution < 1.29 is 19.0 Å². The second-order valence-corrected chi connectivity index (χ2v) is 6.96. The van der Waals surface area contributed by atoms with Gasteiger partial charge in [0.2, 0.25) is 5.91 Å². The van der Waals surface area contributed by atoms with Crippen molar-refractivity contribution in [2.24, 2.45) is 0 Å². The molecule has 0 unspecified atom stereocenters. The Labute approximate surface area is 180 Å². The Morgan fingerprint density at radius 1 is 1.06 bits per heavy atom. The van der Waals surface area contributed by atoms with Crippen LogP contribution in [0.5, 0.6) is 11.5 Å². The molecule has 1 aromatic heterocycles. The summed E-state index contributed by atoms with van der Waals surface area (Å²) in [7, 11) is 3.19. The number of hydrogen-bond donors (Lipinski definition) is 1. The second kappa shape index (κ2) is 9.44. The summed E-state index contributed by atoms with van der Waals surface area (Å²) in [6.07, 6.45) is 4.93. The number of carbonyl (C=O) groups is 1. The van der Waals surface area contributed by atoms with Gasteiger partial charge >= 0.3 is 0 Å². The second-order valence-electron chi connectivity index (χ2n) is 6.96. The van der Waals surface area contributed by atoms with E-state index in [1.54, 1.807) is 25.2 Å². The average Bonchev–Trinajstić information content (AvgIpc) is 2.83. The third-order valence-corrected chi connectivity index (χ3v) is 5.06. The number of nitrogens with one attached hydrogen (secondary N) is 1. The highest BCUT2D eigenvalue weighted by Gasteiger charge is 2.14. The van der Waals surface area contributed by atoms with Crippen LogP contribution < -0.4 is 14.8 Å². The van der Waals surface area contributed by atoms with E-state index < -0.39 is 0 Å². The van der Waals surface area contributed by atoms with E-state index >= 15 is 0 Å². The number of hydrogen-bond acceptors (Lipinski definition) is 7. The molecule has 2 aromatic carbocycles. The minimum atomic E-state index is 0.00216. The quantitative estimate of drug-likeness (QED) is 0.613. The van der Waals surface area contributed by atoms with Crippen LogP contribution >= 0.6 is 0 Å². The molecule has 8 heteroatoms. The van der Waals surface area contributed by atoms with Crippen LogP contribution in [0, 0.1) is 0 Å². The zero-order valence-electron chi connectivity index (χ0n) is 17.5. The number of benzene rings is 2. The van der Waals surface area contributed by atoms with Crippen molar-refractivity contribution in [3.8, 4) is 11.5 Å². The Hall–Kier alpha value is -3.65. The summed E-state index contributed by atoms with van der Waals surface area (Å²) in [5, 5.41) is 4.14. The third kappa shape index (κ3) is 4.75. The number of carbonyl (C=O) groups excluding carboxylic acids is 1. The Morgan fingerprint density at radius 2 is 1.77 bits per heavy atom. The van der Waals surface area contributed by atoms with Crippen molar-refractivity contribution in [2.45, 2.75) is 0 Å². The van der Waals surface area contributed by atoms with Gasteiger partial charge in [0.1, 0.15) is 12.1 Å². The van der Waals surface area contributed by atoms with Gasteiger partial charge in [-0.15, -0.1) is 0 Å². The topological polar surface area (TPSA) is 85.8 Å². The normalized spacial score (nSPS) is 14.1. The van der Waals surface area contributed by atoms with E-state index in [-0.39, 0.29) is 5.91 Å². The highest BCUT2D eigenvalue weighted by molar-refractivity contribution is 5.93. The fourth-order valence-electron chi connectivity index (χ4n) is 3.35. The number of rotatable bonds is 6. The Balaban J connectivity index is 1.49. The first kappa shape index (κ1) is 20.6. The minimum Gasteiger partial charge on any atom is -0.493 e. The van der Waals surface area contributed by atoms with E-state index in [0.29, 0.717) is 43.6 Å². The summed E-state index contributed by atoms with van der Waals surface area (Å²) >= 11 is 0. The molecular formula is C23H24N4O4. The zero-order valence-corrected chi connectivity index (χ0v) is 17.5. The molecular weight excluding hydrogens is 396 g/mol. The predicted molar refractivity (Wildman–Crippen MR) is 119 cm³/mol. The number of aromatic nitrogens is 2. The molecule has 1 fully saturated rings. The Morgan fingerprint density at radius 3 is 2.48 bits per heavy atom. The highest BCUT2D eigenvalue weighted by Crippen LogP contribution is 2.34. The number of anilines is 2. The molecule has 0 aliphatic carbocycles. The molecule has 4 rings (SSSR count). The highest BCUT2D eigenvalue weighted by atomic mass is 16.5. The standard InChI is InChI=1S/C23H24N4O4/c1-29-20-13-18-19(14-21(20)30-2)24-15-25-23(18)26-17-6-3-16(4-7-17)5-8-22(28)27-9-11-31-12-10-27/h3-8,13-15H,9-12H2,1-2H3,(H,24,25,26)/b8-5+. The number of nitrogens with zero attached hydrogens (tertiary/aromatic N) is 3. The fourth-order valence-corrected chi connectivity index (χ4v) is 3.35. The van der Waals surface area contributed by atoms with Gasteiger partial charge in [-0.1, -0.05) is 12.1 Å². The largest absolute Gasteiger partial charge is 0.493 e. The van der Waals surface area contributed by atoms with E-state index in [1.807, 2.05) is 42.5 Å². The van der Waals surface area contributed by atoms with Crippen LogP contribution in [0.15, 0.2) is 48.8 Å². The molecule has 2 heterocycles. The van der Waals surface area contributed by atoms with Gasteiger partial charge in [-0.2, -0.15) is 0 Å². The molecule has 8 nitrogen and oxygen atoms in total. The molecule has 0 radical (unpaired) electrons. The van der Waals surface area contributed by atoms with Crippen molar-refractivity contribution >= 4 is 34.4 Å². The van der Waals surface area contributed by atoms with Crippen molar-refractivity contribution in [1.29, 1.82) is 0 Å². The van der Waals surface area contributed by atoms with Gasteiger partial charge in [-0.25, -0.2) is 9.97 Å². The van der Waals surface area contributed by atoms with Crippen LogP contribution in [-0.2, 0) is 9.53 Å². The summed E-state index contributed by atoms with van der Waals surface area (Å²) < 4.78 is 16.0. The van der Waals surface area contributed by atoms with Crippen LogP contribution in [0.4, 0.5) is 11.5 Å². The lowest BCUT2D eigenvalue weighted by molar-refractivity contribution is -0.129. The fraction of sp³-hybridized carbons (Fsp3) is 0.261. The van der Waals surface area contributed by atoms with E-state index in [9.17, 15) is 4.79 Å². The van der Waals surface area contributed by atoms with Gasteiger partial charge < -0.3 is 24.4 Å². The van der Waals surface area contributed by atoms with Crippen LogP contribution in [0.1, 0.15) is 5.56 Å². The van der Waals surface area contributed by atoms with E-state index in [4.69, 9.17) is 14.2 Å². The molecule has 1 saturated heterocycles. The predicted octanol–water partition coefficient (Wildman–Crippen LogP) is 3.26. The van der Waals surface area contributed by atoms with Crippen LogP contribution in [-0.4, -0.2) is 61.3 Å². The molecule has 31 heavy (non-hydrogen) atoms. The Bertz CT molecular complexity index is 1090. The molecule has 160 valence electrons. The molecule has 1 aliphatic heterocycles. The maximum absolute atomic E-state index is 12.2. The summed E-state index contributed by atoms with van der Waals surface area (Å²) in [4.78, 5) is 22.7. The summed E-state index contributed by atoms with van der Waals surface area (Å²) in [5.41, 5.74) is 2.55. The molecule has 3 aromatic rings. The monoisotopic (exact) mass is 420 g/mol. The van der Waals surface area contributed by atoms with Crippen molar-refractivity contribution in [1.82, 2.24) is 14.9 Å². The number of ether oxygens (including phenoxy) is 3. The number of amides is 1. The lowest BCUT2D eigenvalue weighted by Gasteiger charge is -2.25. The number of methoxy groups -OCH3 is 2. The van der Waals surface area contributed by atoms with Gasteiger partial charge in [0.25, 0.3) is 0 Å². The van der Waals surface area contributed by atoms with Gasteiger partial charge in [-0.05, 0) is 29.8 Å². The van der Waals surface area contributed by atoms with Gasteiger partial charge in [0, 0.05) is 36.3 Å². The molecule has 0 bridgehead atoms. The first-order chi connectivity index (χ1) is 15.2. The van der Waals surface area contributed by atoms with Gasteiger partial charge in [0.05, 0.1) is 33.0 Å². The third-order valence-electron chi connectivity index (χ3n) is 5.06. The first-order valence-electron chi connectivity index (χ1n) is 9.96. The maximum Gasteiger partial charge on any atom is 0.246 e. The summed E-state index contributed by atoms with van der Waals surface area (Å²) in [6, 6.07) is 11.4. The molecule has 0 atom stereocenters. The SMILES string of the molecule is COc1cc2ncnc(Nc3ccc(/C=C/C(=O)N4CCOCC4)cc3)c2cc1OC. The van der Waals surface area contributed by atoms with E-state index in [1.165, 1.54) is 6.33 Å². The van der Waals surface area contributed by atoms with Gasteiger partial charge in [-0.3, -0.25) is 4.79 Å². The lowest BCUT2D eigenvalue weighted by atomic mass is 10.1. The Kier molecular flexibility index (Phi) is 6.28. The van der Waals surface area contributed by atoms with Gasteiger partial charge in [0.15, 0.2) is 11.5 Å². The lowest BCUT2D eigenvalue weighted by Crippen LogP contribution is -2.39. The van der Waals surface area contributed by atoms with Crippen molar-refractivity contribution in [2.75, 3.05) is 45.8 Å². The minimum absolute atomic E-state index is 0.00216. The molecule has 1 amide bonds. The smallest absolute Gasteiger partial charge is 0.246 e. The number of fused-ring (bicyclic) bond motifs is 1. The molecule has 1 N–H and O–H groups in total. The first-order valence-corrected chi connectivity index (χ1v) is 9.96. The molecule has 0 spiro atoms. The summed E-state index contributed by atoms with van der Waals surface area (Å²) in [6.45, 7) is 2.46. The van der Waals surface area contributed by atoms with Crippen molar-refractivity contribution in [3.05, 3.63) is 54.4 Å². The summed E-state index contributed by atoms with van der Waals surface area (Å²) in [5.74, 6) is 1.89. The van der Waals surface area contributed by atoms with E-state index in [0.717, 1.165) is 22.2 Å². The van der Waals surface area contributed by atoms with Crippen LogP contribution in [0.25, 0.3) is 17.0 Å². The van der Waals surface area contributed by atoms with Crippen LogP contribution in [0.2, 0.25) is 0 Å². The number of morpholine rings is 1. The van der Waals surface area contributed by atoms with E-state index in [2.05, 4.69) is 15.3 Å². The van der Waals surface area contributed by atoms with Crippen LogP contribution in [0.3, 0.4) is 0 Å². The molecule has 1 aliphatic rings. The van der Waals surface area contributed by atoms with Crippen molar-refractivity contribution in [3.63, 3.8) is 0 Å². The zero-order chi connectivity index (χ0) is 21.6. The molecule has 0 saturated carbocycles. The average molecular weight is 420 g/mol.